The standard InChI is InChI=1S/C6HCl4/c7-3-1-2-4(8)6(10)5(3)9/h1H. The smallest absolute Gasteiger partial charge is 0.0800 e. The molecular weight excluding hydrogens is 214 g/mol. The average molecular weight is 215 g/mol. The van der Waals surface area contributed by atoms with Gasteiger partial charge in [-0.2, -0.15) is 0 Å². The fraction of sp³-hybridized carbons (Fsp3) is 0. The lowest BCUT2D eigenvalue weighted by Crippen LogP contribution is -1.72. The molecule has 0 aliphatic heterocycles. The second kappa shape index (κ2) is 3.19. The van der Waals surface area contributed by atoms with Gasteiger partial charge in [0.05, 0.1) is 20.1 Å². The van der Waals surface area contributed by atoms with Gasteiger partial charge in [-0.25, -0.2) is 0 Å². The molecule has 1 radical (unpaired) electrons. The van der Waals surface area contributed by atoms with Crippen molar-refractivity contribution in [1.29, 1.82) is 0 Å². The molecule has 0 bridgehead atoms. The molecule has 0 aliphatic rings. The molecule has 0 spiro atoms. The normalized spacial score (nSPS) is 10.0. The third kappa shape index (κ3) is 1.51. The lowest BCUT2D eigenvalue weighted by molar-refractivity contribution is 1.68. The summed E-state index contributed by atoms with van der Waals surface area (Å²) in [6, 6.07) is 4.10. The van der Waals surface area contributed by atoms with Crippen LogP contribution >= 0.6 is 46.4 Å². The molecule has 0 heterocycles. The quantitative estimate of drug-likeness (QED) is 0.451. The summed E-state index contributed by atoms with van der Waals surface area (Å²) in [6.07, 6.45) is 0. The van der Waals surface area contributed by atoms with E-state index in [0.717, 1.165) is 0 Å². The second-order valence-corrected chi connectivity index (χ2v) is 3.12. The van der Waals surface area contributed by atoms with Crippen LogP contribution in [0.25, 0.3) is 0 Å². The molecule has 0 aliphatic carbocycles. The summed E-state index contributed by atoms with van der Waals surface area (Å²) in [5.74, 6) is 0. The molecule has 0 amide bonds. The van der Waals surface area contributed by atoms with Gasteiger partial charge >= 0.3 is 0 Å². The zero-order valence-corrected chi connectivity index (χ0v) is 7.61. The molecule has 0 unspecified atom stereocenters. The molecule has 0 saturated carbocycles. The van der Waals surface area contributed by atoms with E-state index < -0.39 is 0 Å². The Morgan fingerprint density at radius 3 is 2.10 bits per heavy atom. The minimum atomic E-state index is 0.246. The molecule has 1 aromatic rings. The molecule has 0 saturated heterocycles. The molecule has 1 aromatic carbocycles. The zero-order chi connectivity index (χ0) is 7.72. The maximum Gasteiger partial charge on any atom is 0.0800 e. The van der Waals surface area contributed by atoms with Crippen molar-refractivity contribution in [2.45, 2.75) is 0 Å². The predicted octanol–water partition coefficient (Wildman–Crippen LogP) is 4.10. The summed E-state index contributed by atoms with van der Waals surface area (Å²) < 4.78 is 0. The third-order valence-electron chi connectivity index (χ3n) is 0.921. The van der Waals surface area contributed by atoms with Crippen molar-refractivity contribution in [1.82, 2.24) is 0 Å². The van der Waals surface area contributed by atoms with Crippen molar-refractivity contribution in [2.24, 2.45) is 0 Å². The van der Waals surface area contributed by atoms with Crippen LogP contribution < -0.4 is 0 Å². The van der Waals surface area contributed by atoms with E-state index in [4.69, 9.17) is 46.4 Å². The maximum absolute atomic E-state index is 5.61. The van der Waals surface area contributed by atoms with Crippen LogP contribution in [0.4, 0.5) is 0 Å². The first kappa shape index (κ1) is 8.48. The average Bonchev–Trinajstić information content (AvgIpc) is 1.93. The Hall–Kier alpha value is 0.380. The van der Waals surface area contributed by atoms with Crippen molar-refractivity contribution in [3.63, 3.8) is 0 Å². The van der Waals surface area contributed by atoms with Gasteiger partial charge in [-0.1, -0.05) is 46.4 Å². The molecule has 0 atom stereocenters. The number of benzene rings is 1. The van der Waals surface area contributed by atoms with Crippen LogP contribution in [0.3, 0.4) is 0 Å². The molecule has 10 heavy (non-hydrogen) atoms. The molecule has 0 fully saturated rings. The second-order valence-electron chi connectivity index (χ2n) is 1.58. The lowest BCUT2D eigenvalue weighted by Gasteiger charge is -1.98. The summed E-state index contributed by atoms with van der Waals surface area (Å²) in [7, 11) is 0. The minimum Gasteiger partial charge on any atom is -0.0826 e. The monoisotopic (exact) mass is 213 g/mol. The number of halogens is 4. The minimum absolute atomic E-state index is 0.246. The van der Waals surface area contributed by atoms with Gasteiger partial charge in [0.25, 0.3) is 0 Å². The highest BCUT2D eigenvalue weighted by Gasteiger charge is 2.05. The van der Waals surface area contributed by atoms with Crippen molar-refractivity contribution in [3.05, 3.63) is 32.2 Å². The van der Waals surface area contributed by atoms with Crippen molar-refractivity contribution >= 4 is 46.4 Å². The van der Waals surface area contributed by atoms with Gasteiger partial charge in [-0.3, -0.25) is 0 Å². The van der Waals surface area contributed by atoms with Gasteiger partial charge in [0.2, 0.25) is 0 Å². The Balaban J connectivity index is 3.34. The largest absolute Gasteiger partial charge is 0.0826 e. The molecule has 0 N–H and O–H groups in total. The van der Waals surface area contributed by atoms with Crippen LogP contribution in [-0.2, 0) is 0 Å². The zero-order valence-electron chi connectivity index (χ0n) is 4.59. The van der Waals surface area contributed by atoms with E-state index >= 15 is 0 Å². The fourth-order valence-corrected chi connectivity index (χ4v) is 1.15. The van der Waals surface area contributed by atoms with E-state index in [1.54, 1.807) is 0 Å². The Kier molecular flexibility index (Phi) is 2.70. The highest BCUT2D eigenvalue weighted by atomic mass is 35.5. The molecule has 0 nitrogen and oxygen atoms in total. The summed E-state index contributed by atoms with van der Waals surface area (Å²) in [5.41, 5.74) is 0. The van der Waals surface area contributed by atoms with Crippen LogP contribution in [0, 0.1) is 6.07 Å². The topological polar surface area (TPSA) is 0 Å². The third-order valence-corrected chi connectivity index (χ3v) is 2.58. The van der Waals surface area contributed by atoms with E-state index in [1.807, 2.05) is 0 Å². The van der Waals surface area contributed by atoms with E-state index in [0.29, 0.717) is 5.02 Å². The van der Waals surface area contributed by atoms with Crippen molar-refractivity contribution in [3.8, 4) is 0 Å². The first-order valence-corrected chi connectivity index (χ1v) is 3.85. The van der Waals surface area contributed by atoms with Gasteiger partial charge in [-0.05, 0) is 6.07 Å². The SMILES string of the molecule is Clc1[c]cc(Cl)c(Cl)c1Cl. The number of rotatable bonds is 0. The van der Waals surface area contributed by atoms with Crippen molar-refractivity contribution in [2.75, 3.05) is 0 Å². The molecule has 53 valence electrons. The van der Waals surface area contributed by atoms with Crippen molar-refractivity contribution < 1.29 is 0 Å². The van der Waals surface area contributed by atoms with Gasteiger partial charge in [0.1, 0.15) is 0 Å². The fourth-order valence-electron chi connectivity index (χ4n) is 0.455. The first-order valence-electron chi connectivity index (χ1n) is 2.33. The Morgan fingerprint density at radius 2 is 1.60 bits per heavy atom. The number of hydrogen-bond acceptors (Lipinski definition) is 0. The molecule has 1 rings (SSSR count). The Morgan fingerprint density at radius 1 is 1.00 bits per heavy atom. The summed E-state index contributed by atoms with van der Waals surface area (Å²) in [6.45, 7) is 0. The van der Waals surface area contributed by atoms with Crippen LogP contribution in [0.15, 0.2) is 6.07 Å². The highest BCUT2D eigenvalue weighted by Crippen LogP contribution is 2.34. The Labute approximate surface area is 78.6 Å². The molecule has 4 heteroatoms. The van der Waals surface area contributed by atoms with Gasteiger partial charge in [-0.15, -0.1) is 0 Å². The molecule has 0 aromatic heterocycles. The molecular formula is C6HCl4. The Bertz CT molecular complexity index is 229. The van der Waals surface area contributed by atoms with Crippen LogP contribution in [0.2, 0.25) is 20.1 Å². The van der Waals surface area contributed by atoms with Gasteiger partial charge < -0.3 is 0 Å². The summed E-state index contributed by atoms with van der Waals surface area (Å²) in [5, 5.41) is 1.16. The predicted molar refractivity (Wildman–Crippen MR) is 45.3 cm³/mol. The van der Waals surface area contributed by atoms with Gasteiger partial charge in [0.15, 0.2) is 0 Å². The van der Waals surface area contributed by atoms with E-state index in [1.165, 1.54) is 6.07 Å². The van der Waals surface area contributed by atoms with E-state index in [-0.39, 0.29) is 15.1 Å². The highest BCUT2D eigenvalue weighted by molar-refractivity contribution is 6.51. The van der Waals surface area contributed by atoms with Gasteiger partial charge in [0, 0.05) is 6.07 Å². The summed E-state index contributed by atoms with van der Waals surface area (Å²) >= 11 is 22.4. The number of hydrogen-bond donors (Lipinski definition) is 0. The first-order chi connectivity index (χ1) is 4.63. The van der Waals surface area contributed by atoms with Crippen LogP contribution in [0.5, 0.6) is 0 Å². The summed E-state index contributed by atoms with van der Waals surface area (Å²) in [4.78, 5) is 0. The van der Waals surface area contributed by atoms with Crippen LogP contribution in [0.1, 0.15) is 0 Å². The maximum atomic E-state index is 5.61. The lowest BCUT2D eigenvalue weighted by atomic mass is 10.4. The van der Waals surface area contributed by atoms with E-state index in [9.17, 15) is 0 Å². The van der Waals surface area contributed by atoms with Crippen LogP contribution in [-0.4, -0.2) is 0 Å². The van der Waals surface area contributed by atoms with E-state index in [2.05, 4.69) is 6.07 Å².